The Kier molecular flexibility index (Phi) is 5.12. The Bertz CT molecular complexity index is 463. The van der Waals surface area contributed by atoms with Crippen molar-refractivity contribution in [3.63, 3.8) is 0 Å². The van der Waals surface area contributed by atoms with Crippen LogP contribution in [0, 0.1) is 6.92 Å². The molecule has 5 nitrogen and oxygen atoms in total. The van der Waals surface area contributed by atoms with Gasteiger partial charge in [-0.3, -0.25) is 14.9 Å². The third-order valence-electron chi connectivity index (χ3n) is 2.34. The van der Waals surface area contributed by atoms with Gasteiger partial charge in [-0.25, -0.2) is 0 Å². The maximum atomic E-state index is 11.6. The maximum Gasteiger partial charge on any atom is 0.320 e. The van der Waals surface area contributed by atoms with Gasteiger partial charge < -0.3 is 10.4 Å². The zero-order valence-corrected chi connectivity index (χ0v) is 10.9. The van der Waals surface area contributed by atoms with Crippen molar-refractivity contribution in [2.45, 2.75) is 19.9 Å². The number of benzene rings is 1. The molecule has 1 atom stereocenters. The van der Waals surface area contributed by atoms with E-state index in [1.54, 1.807) is 12.1 Å². The fourth-order valence-corrected chi connectivity index (χ4v) is 1.53. The first kappa shape index (κ1) is 14.5. The summed E-state index contributed by atoms with van der Waals surface area (Å²) in [6.45, 7) is 3.28. The Morgan fingerprint density at radius 2 is 2.11 bits per heavy atom. The molecule has 0 aliphatic rings. The van der Waals surface area contributed by atoms with Crippen LogP contribution in [0.4, 0.5) is 5.69 Å². The standard InChI is InChI=1S/C12H15ClN2O3/c1-7-3-4-10(9(13)5-7)15-11(16)6-14-8(2)12(17)18/h3-5,8,14H,6H2,1-2H3,(H,15,16)(H,17,18)/t8-/m1/s1. The molecule has 1 aromatic carbocycles. The van der Waals surface area contributed by atoms with Gasteiger partial charge in [-0.2, -0.15) is 0 Å². The quantitative estimate of drug-likeness (QED) is 0.760. The molecule has 0 fully saturated rings. The molecule has 1 amide bonds. The second-order valence-electron chi connectivity index (χ2n) is 3.97. The summed E-state index contributed by atoms with van der Waals surface area (Å²) in [7, 11) is 0. The van der Waals surface area contributed by atoms with Crippen LogP contribution in [0.3, 0.4) is 0 Å². The summed E-state index contributed by atoms with van der Waals surface area (Å²) >= 11 is 5.96. The molecule has 0 radical (unpaired) electrons. The van der Waals surface area contributed by atoms with Crippen molar-refractivity contribution < 1.29 is 14.7 Å². The van der Waals surface area contributed by atoms with Gasteiger partial charge in [0.05, 0.1) is 17.3 Å². The number of hydrogen-bond acceptors (Lipinski definition) is 3. The summed E-state index contributed by atoms with van der Waals surface area (Å²) in [4.78, 5) is 22.1. The van der Waals surface area contributed by atoms with Crippen LogP contribution in [0.2, 0.25) is 5.02 Å². The van der Waals surface area contributed by atoms with Crippen molar-refractivity contribution in [1.29, 1.82) is 0 Å². The predicted octanol–water partition coefficient (Wildman–Crippen LogP) is 1.65. The van der Waals surface area contributed by atoms with Crippen LogP contribution in [0.5, 0.6) is 0 Å². The van der Waals surface area contributed by atoms with Crippen molar-refractivity contribution in [3.05, 3.63) is 28.8 Å². The number of carbonyl (C=O) groups is 2. The maximum absolute atomic E-state index is 11.6. The zero-order chi connectivity index (χ0) is 13.7. The second-order valence-corrected chi connectivity index (χ2v) is 4.38. The molecular formula is C12H15ClN2O3. The molecule has 0 saturated heterocycles. The third-order valence-corrected chi connectivity index (χ3v) is 2.65. The summed E-state index contributed by atoms with van der Waals surface area (Å²) in [5, 5.41) is 14.3. The number of carboxylic acids is 1. The molecular weight excluding hydrogens is 256 g/mol. The second kappa shape index (κ2) is 6.37. The van der Waals surface area contributed by atoms with Gasteiger partial charge in [0.2, 0.25) is 5.91 Å². The van der Waals surface area contributed by atoms with Gasteiger partial charge in [0.25, 0.3) is 0 Å². The lowest BCUT2D eigenvalue weighted by atomic mass is 10.2. The van der Waals surface area contributed by atoms with E-state index in [9.17, 15) is 9.59 Å². The molecule has 0 spiro atoms. The van der Waals surface area contributed by atoms with Crippen LogP contribution in [-0.2, 0) is 9.59 Å². The van der Waals surface area contributed by atoms with E-state index in [1.165, 1.54) is 6.92 Å². The first-order valence-corrected chi connectivity index (χ1v) is 5.80. The van der Waals surface area contributed by atoms with Crippen LogP contribution in [0.1, 0.15) is 12.5 Å². The average Bonchev–Trinajstić information content (AvgIpc) is 2.29. The molecule has 0 unspecified atom stereocenters. The number of amides is 1. The van der Waals surface area contributed by atoms with E-state index in [1.807, 2.05) is 13.0 Å². The number of halogens is 1. The summed E-state index contributed by atoms with van der Waals surface area (Å²) in [5.41, 5.74) is 1.51. The number of anilines is 1. The van der Waals surface area contributed by atoms with E-state index in [0.29, 0.717) is 10.7 Å². The highest BCUT2D eigenvalue weighted by molar-refractivity contribution is 6.33. The Balaban J connectivity index is 2.52. The van der Waals surface area contributed by atoms with Gasteiger partial charge >= 0.3 is 5.97 Å². The zero-order valence-electron chi connectivity index (χ0n) is 10.2. The molecule has 1 rings (SSSR count). The largest absolute Gasteiger partial charge is 0.480 e. The lowest BCUT2D eigenvalue weighted by molar-refractivity contribution is -0.139. The molecule has 0 aliphatic carbocycles. The normalized spacial score (nSPS) is 11.9. The predicted molar refractivity (Wildman–Crippen MR) is 69.9 cm³/mol. The summed E-state index contributed by atoms with van der Waals surface area (Å²) in [6, 6.07) is 4.50. The molecule has 0 aliphatic heterocycles. The molecule has 0 bridgehead atoms. The highest BCUT2D eigenvalue weighted by Gasteiger charge is 2.12. The monoisotopic (exact) mass is 270 g/mol. The number of rotatable bonds is 5. The highest BCUT2D eigenvalue weighted by atomic mass is 35.5. The average molecular weight is 271 g/mol. The van der Waals surface area contributed by atoms with Gasteiger partial charge in [0.1, 0.15) is 6.04 Å². The van der Waals surface area contributed by atoms with Crippen LogP contribution in [-0.4, -0.2) is 29.6 Å². The molecule has 98 valence electrons. The summed E-state index contributed by atoms with van der Waals surface area (Å²) in [5.74, 6) is -1.34. The number of carboxylic acid groups (broad SMARTS) is 1. The Labute approximate surface area is 110 Å². The van der Waals surface area contributed by atoms with E-state index in [-0.39, 0.29) is 12.5 Å². The molecule has 1 aromatic rings. The highest BCUT2D eigenvalue weighted by Crippen LogP contribution is 2.22. The number of hydrogen-bond donors (Lipinski definition) is 3. The topological polar surface area (TPSA) is 78.4 Å². The van der Waals surface area contributed by atoms with Crippen LogP contribution >= 0.6 is 11.6 Å². The van der Waals surface area contributed by atoms with Crippen molar-refractivity contribution in [1.82, 2.24) is 5.32 Å². The van der Waals surface area contributed by atoms with E-state index >= 15 is 0 Å². The van der Waals surface area contributed by atoms with Crippen LogP contribution in [0.15, 0.2) is 18.2 Å². The van der Waals surface area contributed by atoms with Gasteiger partial charge in [0, 0.05) is 0 Å². The number of nitrogens with one attached hydrogen (secondary N) is 2. The Morgan fingerprint density at radius 1 is 1.44 bits per heavy atom. The molecule has 3 N–H and O–H groups in total. The fourth-order valence-electron chi connectivity index (χ4n) is 1.25. The minimum Gasteiger partial charge on any atom is -0.480 e. The lowest BCUT2D eigenvalue weighted by Crippen LogP contribution is -2.39. The first-order valence-electron chi connectivity index (χ1n) is 5.42. The lowest BCUT2D eigenvalue weighted by Gasteiger charge is -2.10. The first-order chi connectivity index (χ1) is 8.40. The van der Waals surface area contributed by atoms with Crippen molar-refractivity contribution in [3.8, 4) is 0 Å². The molecule has 0 heterocycles. The van der Waals surface area contributed by atoms with Gasteiger partial charge in [-0.1, -0.05) is 17.7 Å². The molecule has 6 heteroatoms. The SMILES string of the molecule is Cc1ccc(NC(=O)CN[C@H](C)C(=O)O)c(Cl)c1. The minimum absolute atomic E-state index is 0.0856. The van der Waals surface area contributed by atoms with E-state index < -0.39 is 12.0 Å². The summed E-state index contributed by atoms with van der Waals surface area (Å²) in [6.07, 6.45) is 0. The van der Waals surface area contributed by atoms with E-state index in [4.69, 9.17) is 16.7 Å². The smallest absolute Gasteiger partial charge is 0.320 e. The number of aryl methyl sites for hydroxylation is 1. The Morgan fingerprint density at radius 3 is 2.67 bits per heavy atom. The Hall–Kier alpha value is -1.59. The van der Waals surface area contributed by atoms with E-state index in [2.05, 4.69) is 10.6 Å². The molecule has 0 aromatic heterocycles. The molecule has 18 heavy (non-hydrogen) atoms. The van der Waals surface area contributed by atoms with Crippen molar-refractivity contribution in [2.24, 2.45) is 0 Å². The van der Waals surface area contributed by atoms with Crippen LogP contribution < -0.4 is 10.6 Å². The van der Waals surface area contributed by atoms with Gasteiger partial charge in [-0.15, -0.1) is 0 Å². The van der Waals surface area contributed by atoms with Gasteiger partial charge in [0.15, 0.2) is 0 Å². The van der Waals surface area contributed by atoms with Gasteiger partial charge in [-0.05, 0) is 31.5 Å². The number of aliphatic carboxylic acids is 1. The molecule has 0 saturated carbocycles. The van der Waals surface area contributed by atoms with E-state index in [0.717, 1.165) is 5.56 Å². The third kappa shape index (κ3) is 4.35. The summed E-state index contributed by atoms with van der Waals surface area (Å²) < 4.78 is 0. The minimum atomic E-state index is -1.00. The van der Waals surface area contributed by atoms with Crippen LogP contribution in [0.25, 0.3) is 0 Å². The fraction of sp³-hybridized carbons (Fsp3) is 0.333. The van der Waals surface area contributed by atoms with Crippen molar-refractivity contribution >= 4 is 29.2 Å². The van der Waals surface area contributed by atoms with Crippen molar-refractivity contribution in [2.75, 3.05) is 11.9 Å². The number of carbonyl (C=O) groups excluding carboxylic acids is 1.